The van der Waals surface area contributed by atoms with Crippen LogP contribution in [0.1, 0.15) is 25.3 Å². The van der Waals surface area contributed by atoms with Crippen LogP contribution in [0.2, 0.25) is 0 Å². The van der Waals surface area contributed by atoms with Gasteiger partial charge in [0, 0.05) is 31.1 Å². The van der Waals surface area contributed by atoms with Crippen molar-refractivity contribution in [1.29, 1.82) is 0 Å². The van der Waals surface area contributed by atoms with Crippen molar-refractivity contribution in [2.45, 2.75) is 32.4 Å². The Bertz CT molecular complexity index is 444. The smallest absolute Gasteiger partial charge is 0.0554 e. The van der Waals surface area contributed by atoms with Crippen molar-refractivity contribution in [3.63, 3.8) is 0 Å². The molecule has 1 aromatic rings. The minimum Gasteiger partial charge on any atom is -0.380 e. The van der Waals surface area contributed by atoms with Gasteiger partial charge in [-0.2, -0.15) is 0 Å². The van der Waals surface area contributed by atoms with Gasteiger partial charge in [-0.05, 0) is 32.0 Å². The maximum absolute atomic E-state index is 5.39. The molecule has 2 aliphatic heterocycles. The van der Waals surface area contributed by atoms with Crippen LogP contribution in [0.25, 0.3) is 0 Å². The number of nitrogens with zero attached hydrogens (tertiary/aromatic N) is 2. The lowest BCUT2D eigenvalue weighted by atomic mass is 9.87. The SMILES string of the molecule is CN(CC1(C)COC1)C1CCCN(Cc2ccccc2)C1. The molecule has 0 aromatic heterocycles. The Morgan fingerprint density at radius 2 is 2.05 bits per heavy atom. The highest BCUT2D eigenvalue weighted by atomic mass is 16.5. The number of ether oxygens (including phenoxy) is 1. The summed E-state index contributed by atoms with van der Waals surface area (Å²) in [7, 11) is 2.29. The number of rotatable bonds is 5. The zero-order valence-corrected chi connectivity index (χ0v) is 13.4. The zero-order chi connectivity index (χ0) is 14.7. The van der Waals surface area contributed by atoms with E-state index in [4.69, 9.17) is 4.74 Å². The van der Waals surface area contributed by atoms with Gasteiger partial charge >= 0.3 is 0 Å². The van der Waals surface area contributed by atoms with E-state index in [0.717, 1.165) is 26.3 Å². The third kappa shape index (κ3) is 3.85. The van der Waals surface area contributed by atoms with Gasteiger partial charge < -0.3 is 9.64 Å². The fourth-order valence-corrected chi connectivity index (χ4v) is 3.65. The van der Waals surface area contributed by atoms with E-state index < -0.39 is 0 Å². The lowest BCUT2D eigenvalue weighted by Gasteiger charge is -2.45. The maximum atomic E-state index is 5.39. The molecular weight excluding hydrogens is 260 g/mol. The number of hydrogen-bond acceptors (Lipinski definition) is 3. The molecule has 3 heteroatoms. The van der Waals surface area contributed by atoms with Crippen LogP contribution < -0.4 is 0 Å². The molecule has 1 atom stereocenters. The highest BCUT2D eigenvalue weighted by Crippen LogP contribution is 2.29. The summed E-state index contributed by atoms with van der Waals surface area (Å²) in [6.45, 7) is 8.89. The first-order valence-corrected chi connectivity index (χ1v) is 8.19. The number of likely N-dealkylation sites (N-methyl/N-ethyl adjacent to an activating group) is 1. The van der Waals surface area contributed by atoms with E-state index >= 15 is 0 Å². The van der Waals surface area contributed by atoms with Gasteiger partial charge in [0.05, 0.1) is 13.2 Å². The van der Waals surface area contributed by atoms with Gasteiger partial charge in [0.15, 0.2) is 0 Å². The first kappa shape index (κ1) is 15.0. The Kier molecular flexibility index (Phi) is 4.63. The minimum absolute atomic E-state index is 0.385. The molecule has 2 fully saturated rings. The van der Waals surface area contributed by atoms with Gasteiger partial charge in [-0.1, -0.05) is 37.3 Å². The van der Waals surface area contributed by atoms with E-state index in [1.54, 1.807) is 0 Å². The van der Waals surface area contributed by atoms with Gasteiger partial charge in [0.2, 0.25) is 0 Å². The van der Waals surface area contributed by atoms with Crippen LogP contribution in [0.5, 0.6) is 0 Å². The molecular formula is C18H28N2O. The van der Waals surface area contributed by atoms with Gasteiger partial charge in [0.1, 0.15) is 0 Å². The lowest BCUT2D eigenvalue weighted by Crippen LogP contribution is -2.53. The van der Waals surface area contributed by atoms with Gasteiger partial charge in [-0.15, -0.1) is 0 Å². The lowest BCUT2D eigenvalue weighted by molar-refractivity contribution is -0.118. The summed E-state index contributed by atoms with van der Waals surface area (Å²) in [5.41, 5.74) is 1.82. The predicted octanol–water partition coefficient (Wildman–Crippen LogP) is 2.62. The second-order valence-electron chi connectivity index (χ2n) is 7.24. The second-order valence-corrected chi connectivity index (χ2v) is 7.24. The summed E-state index contributed by atoms with van der Waals surface area (Å²) < 4.78 is 5.39. The number of piperidine rings is 1. The number of hydrogen-bond donors (Lipinski definition) is 0. The van der Waals surface area contributed by atoms with Crippen molar-refractivity contribution >= 4 is 0 Å². The van der Waals surface area contributed by atoms with Gasteiger partial charge in [0.25, 0.3) is 0 Å². The third-order valence-electron chi connectivity index (χ3n) is 4.89. The molecule has 2 saturated heterocycles. The average Bonchev–Trinajstić information content (AvgIpc) is 2.47. The molecule has 2 aliphatic rings. The summed E-state index contributed by atoms with van der Waals surface area (Å²) in [6, 6.07) is 11.5. The van der Waals surface area contributed by atoms with Crippen LogP contribution in [-0.4, -0.2) is 55.7 Å². The van der Waals surface area contributed by atoms with E-state index in [0.29, 0.717) is 11.5 Å². The highest BCUT2D eigenvalue weighted by molar-refractivity contribution is 5.14. The van der Waals surface area contributed by atoms with E-state index in [1.165, 1.54) is 31.5 Å². The van der Waals surface area contributed by atoms with Crippen LogP contribution in [0.15, 0.2) is 30.3 Å². The number of likely N-dealkylation sites (tertiary alicyclic amines) is 1. The fourth-order valence-electron chi connectivity index (χ4n) is 3.65. The first-order valence-electron chi connectivity index (χ1n) is 8.19. The summed E-state index contributed by atoms with van der Waals surface area (Å²) >= 11 is 0. The van der Waals surface area contributed by atoms with Crippen molar-refractivity contribution < 1.29 is 4.74 Å². The van der Waals surface area contributed by atoms with Crippen LogP contribution in [0.4, 0.5) is 0 Å². The predicted molar refractivity (Wildman–Crippen MR) is 86.3 cm³/mol. The Balaban J connectivity index is 1.53. The normalized spacial score (nSPS) is 25.8. The average molecular weight is 288 g/mol. The van der Waals surface area contributed by atoms with Crippen LogP contribution in [0.3, 0.4) is 0 Å². The fraction of sp³-hybridized carbons (Fsp3) is 0.667. The van der Waals surface area contributed by atoms with Crippen molar-refractivity contribution in [3.8, 4) is 0 Å². The molecule has 1 aromatic carbocycles. The molecule has 0 bridgehead atoms. The molecule has 0 spiro atoms. The second kappa shape index (κ2) is 6.47. The number of benzene rings is 1. The standard InChI is InChI=1S/C18H28N2O/c1-18(14-21-15-18)13-19(2)17-9-6-10-20(12-17)11-16-7-4-3-5-8-16/h3-5,7-8,17H,6,9-15H2,1-2H3. The van der Waals surface area contributed by atoms with Crippen molar-refractivity contribution in [2.75, 3.05) is 39.9 Å². The molecule has 3 rings (SSSR count). The van der Waals surface area contributed by atoms with Crippen LogP contribution in [0, 0.1) is 5.41 Å². The van der Waals surface area contributed by atoms with Crippen LogP contribution >= 0.6 is 0 Å². The summed E-state index contributed by atoms with van der Waals surface area (Å²) in [5, 5.41) is 0. The Hall–Kier alpha value is -0.900. The molecule has 0 N–H and O–H groups in total. The van der Waals surface area contributed by atoms with Crippen LogP contribution in [-0.2, 0) is 11.3 Å². The molecule has 0 radical (unpaired) electrons. The van der Waals surface area contributed by atoms with Crippen molar-refractivity contribution in [3.05, 3.63) is 35.9 Å². The largest absolute Gasteiger partial charge is 0.380 e. The molecule has 0 aliphatic carbocycles. The maximum Gasteiger partial charge on any atom is 0.0554 e. The highest BCUT2D eigenvalue weighted by Gasteiger charge is 2.36. The minimum atomic E-state index is 0.385. The van der Waals surface area contributed by atoms with E-state index in [2.05, 4.69) is 54.1 Å². The van der Waals surface area contributed by atoms with Crippen molar-refractivity contribution in [1.82, 2.24) is 9.80 Å². The molecule has 0 saturated carbocycles. The molecule has 3 nitrogen and oxygen atoms in total. The monoisotopic (exact) mass is 288 g/mol. The van der Waals surface area contributed by atoms with E-state index in [1.807, 2.05) is 0 Å². The molecule has 2 heterocycles. The Labute approximate surface area is 128 Å². The molecule has 0 amide bonds. The Morgan fingerprint density at radius 1 is 1.29 bits per heavy atom. The quantitative estimate of drug-likeness (QED) is 0.828. The third-order valence-corrected chi connectivity index (χ3v) is 4.89. The van der Waals surface area contributed by atoms with Gasteiger partial charge in [-0.25, -0.2) is 0 Å². The molecule has 116 valence electrons. The van der Waals surface area contributed by atoms with Crippen molar-refractivity contribution in [2.24, 2.45) is 5.41 Å². The summed E-state index contributed by atoms with van der Waals surface area (Å²) in [4.78, 5) is 5.18. The van der Waals surface area contributed by atoms with E-state index in [-0.39, 0.29) is 0 Å². The Morgan fingerprint density at radius 3 is 2.71 bits per heavy atom. The molecule has 1 unspecified atom stereocenters. The summed E-state index contributed by atoms with van der Waals surface area (Å²) in [6.07, 6.45) is 2.65. The summed E-state index contributed by atoms with van der Waals surface area (Å²) in [5.74, 6) is 0. The van der Waals surface area contributed by atoms with E-state index in [9.17, 15) is 0 Å². The topological polar surface area (TPSA) is 15.7 Å². The molecule has 21 heavy (non-hydrogen) atoms. The zero-order valence-electron chi connectivity index (χ0n) is 13.4. The van der Waals surface area contributed by atoms with Gasteiger partial charge in [-0.3, -0.25) is 4.90 Å². The first-order chi connectivity index (χ1) is 10.1.